The molecule has 0 fully saturated rings. The summed E-state index contributed by atoms with van der Waals surface area (Å²) in [5, 5.41) is 26.2. The average Bonchev–Trinajstić information content (AvgIpc) is 1.63. The van der Waals surface area contributed by atoms with Gasteiger partial charge in [0.05, 0.1) is 12.1 Å². The fourth-order valence-corrected chi connectivity index (χ4v) is 0. The first-order chi connectivity index (χ1) is 4.37. The van der Waals surface area contributed by atoms with Crippen LogP contribution in [0.2, 0.25) is 0 Å². The van der Waals surface area contributed by atoms with Crippen molar-refractivity contribution in [1.29, 1.82) is 0 Å². The Kier molecular flexibility index (Phi) is 14.7. The number of aliphatic hydroxyl groups is 1. The molecule has 6 heteroatoms. The quantitative estimate of drug-likeness (QED) is 0.544. The number of aliphatic hydroxyl groups excluding tert-OH is 1. The molecule has 0 aromatic heterocycles. The van der Waals surface area contributed by atoms with E-state index in [0.29, 0.717) is 0 Å². The first-order valence-electron chi connectivity index (χ1n) is 2.44. The molecule has 0 aliphatic rings. The van der Waals surface area contributed by atoms with E-state index in [1.54, 1.807) is 0 Å². The number of hydrogen-bond donors (Lipinski definition) is 1. The molecule has 0 bridgehead atoms. The van der Waals surface area contributed by atoms with Crippen LogP contribution >= 0.6 is 0 Å². The summed E-state index contributed by atoms with van der Waals surface area (Å²) < 4.78 is 0. The third-order valence-electron chi connectivity index (χ3n) is 0.341. The summed E-state index contributed by atoms with van der Waals surface area (Å²) in [4.78, 5) is 18.2. The van der Waals surface area contributed by atoms with Gasteiger partial charge in [-0.2, -0.15) is 0 Å². The van der Waals surface area contributed by atoms with Gasteiger partial charge in [-0.25, -0.2) is 0 Å². The molecule has 0 aliphatic carbocycles. The maximum atomic E-state index is 9.34. The summed E-state index contributed by atoms with van der Waals surface area (Å²) in [5.41, 5.74) is 0. The van der Waals surface area contributed by atoms with Crippen LogP contribution in [0.4, 0.5) is 0 Å². The van der Waals surface area contributed by atoms with Crippen molar-refractivity contribution < 1.29 is 45.0 Å². The Morgan fingerprint density at radius 2 is 1.45 bits per heavy atom. The number of hydrogen-bond acceptors (Lipinski definition) is 5. The zero-order valence-corrected chi connectivity index (χ0v) is 8.39. The van der Waals surface area contributed by atoms with Crippen molar-refractivity contribution in [3.63, 3.8) is 0 Å². The molecule has 5 nitrogen and oxygen atoms in total. The van der Waals surface area contributed by atoms with Gasteiger partial charge >= 0.3 is 20.1 Å². The molecule has 0 aromatic rings. The smallest absolute Gasteiger partial charge is 0.550 e. The number of carboxylic acids is 2. The second-order valence-corrected chi connectivity index (χ2v) is 1.49. The van der Waals surface area contributed by atoms with Crippen molar-refractivity contribution in [3.05, 3.63) is 0 Å². The Balaban J connectivity index is -0.000000114. The van der Waals surface area contributed by atoms with E-state index in [1.165, 1.54) is 0 Å². The van der Waals surface area contributed by atoms with Crippen molar-refractivity contribution in [3.8, 4) is 0 Å². The van der Waals surface area contributed by atoms with Crippen LogP contribution < -0.4 is 10.2 Å². The van der Waals surface area contributed by atoms with Gasteiger partial charge in [0.15, 0.2) is 0 Å². The Hall–Kier alpha value is -0.451. The zero-order valence-electron chi connectivity index (χ0n) is 5.99. The zero-order chi connectivity index (χ0) is 8.73. The number of carbonyl (C=O) groups is 2. The first-order valence-corrected chi connectivity index (χ1v) is 2.44. The fraction of sp³-hybridized carbons (Fsp3) is 0.600. The number of carboxylic acid groups (broad SMARTS) is 2. The van der Waals surface area contributed by atoms with Gasteiger partial charge < -0.3 is 24.9 Å². The monoisotopic (exact) mass is 341 g/mol. The van der Waals surface area contributed by atoms with E-state index in [9.17, 15) is 9.90 Å². The molecule has 0 amide bonds. The van der Waals surface area contributed by atoms with Crippen molar-refractivity contribution in [2.24, 2.45) is 0 Å². The minimum atomic E-state index is -1.44. The van der Waals surface area contributed by atoms with Gasteiger partial charge in [-0.15, -0.1) is 0 Å². The van der Waals surface area contributed by atoms with Crippen LogP contribution in [0.25, 0.3) is 0 Å². The molecule has 66 valence electrons. The van der Waals surface area contributed by atoms with Crippen molar-refractivity contribution >= 4 is 11.9 Å². The Morgan fingerprint density at radius 1 is 1.36 bits per heavy atom. The molecule has 0 saturated heterocycles. The van der Waals surface area contributed by atoms with Crippen molar-refractivity contribution in [2.45, 2.75) is 20.0 Å². The molecule has 0 aromatic carbocycles. The molecule has 1 unspecified atom stereocenters. The summed E-state index contributed by atoms with van der Waals surface area (Å²) in [7, 11) is 0. The molecule has 0 spiro atoms. The van der Waals surface area contributed by atoms with E-state index in [2.05, 4.69) is 0 Å². The van der Waals surface area contributed by atoms with E-state index < -0.39 is 18.0 Å². The summed E-state index contributed by atoms with van der Waals surface area (Å²) >= 11 is 0. The van der Waals surface area contributed by atoms with Crippen LogP contribution in [-0.2, 0) is 29.7 Å². The van der Waals surface area contributed by atoms with Gasteiger partial charge in [-0.3, -0.25) is 0 Å². The Morgan fingerprint density at radius 3 is 1.45 bits per heavy atom. The second-order valence-electron chi connectivity index (χ2n) is 1.49. The Labute approximate surface area is 77.4 Å². The molecule has 0 heterocycles. The van der Waals surface area contributed by atoms with Gasteiger partial charge in [-0.1, -0.05) is 0 Å². The van der Waals surface area contributed by atoms with E-state index in [1.807, 2.05) is 0 Å². The van der Waals surface area contributed by atoms with Crippen LogP contribution in [0.1, 0.15) is 13.8 Å². The summed E-state index contributed by atoms with van der Waals surface area (Å²) in [5.74, 6) is -2.52. The molecular formula is C5H8IrO5+. The van der Waals surface area contributed by atoms with E-state index in [0.717, 1.165) is 13.8 Å². The molecular weight excluding hydrogens is 332 g/mol. The molecule has 11 heavy (non-hydrogen) atoms. The van der Waals surface area contributed by atoms with Crippen molar-refractivity contribution in [2.75, 3.05) is 0 Å². The molecule has 1 atom stereocenters. The van der Waals surface area contributed by atoms with Crippen molar-refractivity contribution in [1.82, 2.24) is 0 Å². The summed E-state index contributed by atoms with van der Waals surface area (Å²) in [6, 6.07) is 0. The molecule has 0 aliphatic heterocycles. The van der Waals surface area contributed by atoms with Gasteiger partial charge in [0.1, 0.15) is 0 Å². The SMILES string of the molecule is CC(=O)[O-].CC(O)C(=O)[O-].[Ir+3]. The second kappa shape index (κ2) is 9.55. The van der Waals surface area contributed by atoms with Crippen LogP contribution in [0.15, 0.2) is 0 Å². The Bertz CT molecular complexity index is 118. The van der Waals surface area contributed by atoms with Crippen LogP contribution in [0.5, 0.6) is 0 Å². The topological polar surface area (TPSA) is 100 Å². The molecule has 0 radical (unpaired) electrons. The van der Waals surface area contributed by atoms with Crippen LogP contribution in [0.3, 0.4) is 0 Å². The number of carbonyl (C=O) groups excluding carboxylic acids is 2. The van der Waals surface area contributed by atoms with Gasteiger partial charge in [0.2, 0.25) is 0 Å². The molecule has 1 N–H and O–H groups in total. The van der Waals surface area contributed by atoms with E-state index in [-0.39, 0.29) is 20.1 Å². The van der Waals surface area contributed by atoms with Gasteiger partial charge in [0.25, 0.3) is 0 Å². The van der Waals surface area contributed by atoms with Gasteiger partial charge in [-0.05, 0) is 13.8 Å². The van der Waals surface area contributed by atoms with E-state index >= 15 is 0 Å². The standard InChI is InChI=1S/C3H6O3.C2H4O2.Ir/c1-2(4)3(5)6;1-2(3)4;/h2,4H,1H3,(H,5,6);1H3,(H,3,4);/q;;+3/p-2. The summed E-state index contributed by atoms with van der Waals surface area (Å²) in [6.45, 7) is 2.11. The van der Waals surface area contributed by atoms with Crippen LogP contribution in [-0.4, -0.2) is 23.1 Å². The van der Waals surface area contributed by atoms with E-state index in [4.69, 9.17) is 15.0 Å². The first kappa shape index (κ1) is 16.9. The third kappa shape index (κ3) is 43.2. The normalized spacial score (nSPS) is 9.73. The maximum Gasteiger partial charge on any atom is 3.00 e. The summed E-state index contributed by atoms with van der Waals surface area (Å²) in [6.07, 6.45) is -1.34. The molecule has 0 rings (SSSR count). The number of aliphatic carboxylic acids is 2. The minimum absolute atomic E-state index is 0. The van der Waals surface area contributed by atoms with Gasteiger partial charge in [0, 0.05) is 5.97 Å². The maximum absolute atomic E-state index is 9.34. The number of rotatable bonds is 1. The minimum Gasteiger partial charge on any atom is -0.550 e. The molecule has 0 saturated carbocycles. The van der Waals surface area contributed by atoms with Crippen LogP contribution in [0, 0.1) is 0 Å². The fourth-order valence-electron chi connectivity index (χ4n) is 0. The predicted octanol–water partition coefficient (Wildman–Crippen LogP) is -3.13. The predicted molar refractivity (Wildman–Crippen MR) is 27.4 cm³/mol. The third-order valence-corrected chi connectivity index (χ3v) is 0.341. The largest absolute Gasteiger partial charge is 3.00 e. The average molecular weight is 340 g/mol.